The molecular formula is C20H29BN6O4. The van der Waals surface area contributed by atoms with Crippen molar-refractivity contribution in [2.45, 2.75) is 64.0 Å². The van der Waals surface area contributed by atoms with Gasteiger partial charge in [-0.1, -0.05) is 26.7 Å². The van der Waals surface area contributed by atoms with E-state index in [1.165, 1.54) is 12.4 Å². The fourth-order valence-corrected chi connectivity index (χ4v) is 3.69. The van der Waals surface area contributed by atoms with Gasteiger partial charge in [0, 0.05) is 6.54 Å². The van der Waals surface area contributed by atoms with Gasteiger partial charge in [0.2, 0.25) is 11.8 Å². The molecule has 1 aromatic heterocycles. The highest BCUT2D eigenvalue weighted by atomic mass is 16.4. The Labute approximate surface area is 182 Å². The van der Waals surface area contributed by atoms with E-state index in [0.29, 0.717) is 37.5 Å². The van der Waals surface area contributed by atoms with E-state index >= 15 is 0 Å². The molecule has 10 nitrogen and oxygen atoms in total. The van der Waals surface area contributed by atoms with Crippen LogP contribution < -0.4 is 15.5 Å². The number of rotatable bonds is 10. The van der Waals surface area contributed by atoms with Gasteiger partial charge in [0.25, 0.3) is 0 Å². The summed E-state index contributed by atoms with van der Waals surface area (Å²) in [7, 11) is -1.67. The molecule has 2 amide bonds. The Morgan fingerprint density at radius 1 is 1.26 bits per heavy atom. The molecule has 1 saturated heterocycles. The minimum atomic E-state index is -1.67. The molecule has 1 aromatic rings. The number of anilines is 1. The number of amides is 2. The van der Waals surface area contributed by atoms with E-state index in [1.54, 1.807) is 4.90 Å². The van der Waals surface area contributed by atoms with Crippen LogP contribution >= 0.6 is 0 Å². The second-order valence-electron chi connectivity index (χ2n) is 8.77. The Balaban J connectivity index is 1.63. The molecule has 1 aliphatic carbocycles. The van der Waals surface area contributed by atoms with Gasteiger partial charge in [-0.15, -0.1) is 0 Å². The van der Waals surface area contributed by atoms with Crippen molar-refractivity contribution in [1.29, 1.82) is 5.26 Å². The number of nitrogens with one attached hydrogen (secondary N) is 2. The monoisotopic (exact) mass is 428 g/mol. The van der Waals surface area contributed by atoms with E-state index in [-0.39, 0.29) is 17.5 Å². The molecule has 0 bridgehead atoms. The highest BCUT2D eigenvalue weighted by Gasteiger charge is 2.39. The number of nitrogens with zero attached hydrogens (tertiary/aromatic N) is 4. The zero-order valence-electron chi connectivity index (χ0n) is 17.9. The molecule has 166 valence electrons. The topological polar surface area (TPSA) is 151 Å². The molecule has 0 spiro atoms. The molecule has 3 atom stereocenters. The Bertz CT molecular complexity index is 824. The fraction of sp³-hybridized carbons (Fsp3) is 0.650. The molecule has 4 N–H and O–H groups in total. The highest BCUT2D eigenvalue weighted by Crippen LogP contribution is 2.34. The lowest BCUT2D eigenvalue weighted by atomic mass is 9.75. The van der Waals surface area contributed by atoms with Gasteiger partial charge in [-0.25, -0.2) is 9.97 Å². The molecule has 1 saturated carbocycles. The third kappa shape index (κ3) is 6.15. The lowest BCUT2D eigenvalue weighted by Gasteiger charge is -2.41. The minimum Gasteiger partial charge on any atom is -0.426 e. The molecule has 2 aliphatic rings. The summed E-state index contributed by atoms with van der Waals surface area (Å²) in [4.78, 5) is 35.8. The van der Waals surface area contributed by atoms with Gasteiger partial charge < -0.3 is 25.6 Å². The normalized spacial score (nSPS) is 19.7. The molecule has 0 radical (unpaired) electrons. The van der Waals surface area contributed by atoms with Crippen LogP contribution in [-0.4, -0.2) is 63.5 Å². The zero-order valence-corrected chi connectivity index (χ0v) is 17.9. The lowest BCUT2D eigenvalue weighted by molar-refractivity contribution is -0.130. The number of nitriles is 1. The highest BCUT2D eigenvalue weighted by molar-refractivity contribution is 6.43. The van der Waals surface area contributed by atoms with E-state index < -0.39 is 31.1 Å². The van der Waals surface area contributed by atoms with Crippen LogP contribution in [0.2, 0.25) is 0 Å². The third-order valence-corrected chi connectivity index (χ3v) is 5.68. The van der Waals surface area contributed by atoms with Crippen LogP contribution in [0.25, 0.3) is 0 Å². The van der Waals surface area contributed by atoms with Crippen molar-refractivity contribution >= 4 is 24.8 Å². The van der Waals surface area contributed by atoms with Crippen molar-refractivity contribution in [2.75, 3.05) is 11.4 Å². The van der Waals surface area contributed by atoms with Gasteiger partial charge in [-0.3, -0.25) is 9.59 Å². The van der Waals surface area contributed by atoms with Crippen molar-refractivity contribution in [1.82, 2.24) is 20.6 Å². The van der Waals surface area contributed by atoms with E-state index in [0.717, 1.165) is 12.8 Å². The second kappa shape index (κ2) is 10.1. The first-order chi connectivity index (χ1) is 14.8. The first-order valence-electron chi connectivity index (χ1n) is 10.7. The van der Waals surface area contributed by atoms with Crippen LogP contribution in [0.3, 0.4) is 0 Å². The van der Waals surface area contributed by atoms with E-state index in [2.05, 4.69) is 20.6 Å². The Morgan fingerprint density at radius 3 is 2.48 bits per heavy atom. The van der Waals surface area contributed by atoms with Crippen LogP contribution in [0, 0.1) is 23.2 Å². The zero-order chi connectivity index (χ0) is 22.5. The smallest absolute Gasteiger partial charge is 0.426 e. The molecule has 0 aromatic carbocycles. The van der Waals surface area contributed by atoms with Crippen molar-refractivity contribution in [3.8, 4) is 6.07 Å². The van der Waals surface area contributed by atoms with Gasteiger partial charge in [-0.05, 0) is 31.1 Å². The molecule has 0 unspecified atom stereocenters. The summed E-state index contributed by atoms with van der Waals surface area (Å²) in [6.07, 6.45) is 6.43. The number of carbonyl (C=O) groups excluding carboxylic acids is 2. The number of hydrogen-bond donors (Lipinski definition) is 4. The minimum absolute atomic E-state index is 0.167. The quantitative estimate of drug-likeness (QED) is 0.373. The van der Waals surface area contributed by atoms with E-state index in [1.807, 2.05) is 19.9 Å². The summed E-state index contributed by atoms with van der Waals surface area (Å²) < 4.78 is 0. The summed E-state index contributed by atoms with van der Waals surface area (Å²) >= 11 is 0. The first-order valence-corrected chi connectivity index (χ1v) is 10.7. The molecule has 1 aliphatic heterocycles. The number of carbonyl (C=O) groups is 2. The molecule has 31 heavy (non-hydrogen) atoms. The van der Waals surface area contributed by atoms with Crippen molar-refractivity contribution in [3.63, 3.8) is 0 Å². The van der Waals surface area contributed by atoms with E-state index in [4.69, 9.17) is 5.26 Å². The van der Waals surface area contributed by atoms with Gasteiger partial charge in [0.15, 0.2) is 5.69 Å². The largest absolute Gasteiger partial charge is 0.475 e. The van der Waals surface area contributed by atoms with Crippen LogP contribution in [0.15, 0.2) is 12.4 Å². The van der Waals surface area contributed by atoms with Crippen molar-refractivity contribution in [3.05, 3.63) is 18.1 Å². The van der Waals surface area contributed by atoms with Crippen LogP contribution in [-0.2, 0) is 9.59 Å². The molecule has 2 fully saturated rings. The average Bonchev–Trinajstić information content (AvgIpc) is 3.50. The SMILES string of the molecule is CC(C)C[C@@H](NC(=O)[C@H](CC1CC1)NC(=O)[C@@H]1CCN1c1cnc(C#N)cn1)B(O)O. The number of hydrogen-bond acceptors (Lipinski definition) is 8. The maximum Gasteiger partial charge on any atom is 0.475 e. The first kappa shape index (κ1) is 23.0. The van der Waals surface area contributed by atoms with Crippen molar-refractivity contribution < 1.29 is 19.6 Å². The maximum absolute atomic E-state index is 12.9. The van der Waals surface area contributed by atoms with Crippen LogP contribution in [0.1, 0.15) is 51.6 Å². The Hall–Kier alpha value is -2.71. The summed E-state index contributed by atoms with van der Waals surface area (Å²) in [5.41, 5.74) is 0.202. The summed E-state index contributed by atoms with van der Waals surface area (Å²) in [6, 6.07) is 0.710. The van der Waals surface area contributed by atoms with Gasteiger partial charge in [0.1, 0.15) is 24.0 Å². The summed E-state index contributed by atoms with van der Waals surface area (Å²) in [6.45, 7) is 4.50. The van der Waals surface area contributed by atoms with Crippen molar-refractivity contribution in [2.24, 2.45) is 11.8 Å². The van der Waals surface area contributed by atoms with Crippen LogP contribution in [0.5, 0.6) is 0 Å². The summed E-state index contributed by atoms with van der Waals surface area (Å²) in [5.74, 6) is -0.401. The van der Waals surface area contributed by atoms with E-state index in [9.17, 15) is 19.6 Å². The van der Waals surface area contributed by atoms with Crippen LogP contribution in [0.4, 0.5) is 5.82 Å². The number of aromatic nitrogens is 2. The fourth-order valence-electron chi connectivity index (χ4n) is 3.69. The standard InChI is InChI=1S/C20H29BN6O4/c1-12(2)7-17(21(30)31)26-19(28)15(8-13-3-4-13)25-20(29)16-5-6-27(16)18-11-23-14(9-22)10-24-18/h10-13,15-17,30-31H,3-8H2,1-2H3,(H,25,29)(H,26,28)/t15-,16-,17+/m0/s1. The Morgan fingerprint density at radius 2 is 2.00 bits per heavy atom. The molecule has 11 heteroatoms. The Kier molecular flexibility index (Phi) is 7.46. The predicted molar refractivity (Wildman–Crippen MR) is 113 cm³/mol. The van der Waals surface area contributed by atoms with Gasteiger partial charge in [0.05, 0.1) is 18.3 Å². The summed E-state index contributed by atoms with van der Waals surface area (Å²) in [5, 5.41) is 33.6. The van der Waals surface area contributed by atoms with Gasteiger partial charge in [-0.2, -0.15) is 5.26 Å². The molecular weight excluding hydrogens is 399 g/mol. The maximum atomic E-state index is 12.9. The lowest BCUT2D eigenvalue weighted by Crippen LogP contribution is -2.61. The molecule has 2 heterocycles. The second-order valence-corrected chi connectivity index (χ2v) is 8.77. The van der Waals surface area contributed by atoms with Gasteiger partial charge >= 0.3 is 7.12 Å². The average molecular weight is 428 g/mol. The predicted octanol–water partition coefficient (Wildman–Crippen LogP) is -0.245. The third-order valence-electron chi connectivity index (χ3n) is 5.68. The molecule has 3 rings (SSSR count).